The molecule has 4 nitrogen and oxygen atoms in total. The van der Waals surface area contributed by atoms with Crippen LogP contribution >= 0.6 is 0 Å². The van der Waals surface area contributed by atoms with Gasteiger partial charge in [-0.05, 0) is 30.2 Å². The number of hydrogen-bond donors (Lipinski definition) is 0. The minimum Gasteiger partial charge on any atom is -0.465 e. The first-order chi connectivity index (χ1) is 8.60. The van der Waals surface area contributed by atoms with Gasteiger partial charge >= 0.3 is 5.97 Å². The highest BCUT2D eigenvalue weighted by atomic mass is 19.1. The van der Waals surface area contributed by atoms with Gasteiger partial charge in [0.25, 0.3) is 0 Å². The van der Waals surface area contributed by atoms with Gasteiger partial charge in [-0.1, -0.05) is 6.07 Å². The first kappa shape index (κ1) is 12.3. The second-order valence-electron chi connectivity index (χ2n) is 4.02. The van der Waals surface area contributed by atoms with Crippen LogP contribution in [0.3, 0.4) is 0 Å². The zero-order valence-electron chi connectivity index (χ0n) is 10.2. The van der Waals surface area contributed by atoms with Crippen LogP contribution in [0.1, 0.15) is 21.5 Å². The van der Waals surface area contributed by atoms with Gasteiger partial charge in [0.05, 0.1) is 25.4 Å². The SMILES string of the molecule is COC(=O)c1ccc(Cn2cc(C)cn2)cc1F. The molecule has 0 spiro atoms. The summed E-state index contributed by atoms with van der Waals surface area (Å²) in [5.74, 6) is -1.25. The Morgan fingerprint density at radius 1 is 1.50 bits per heavy atom. The molecule has 1 heterocycles. The van der Waals surface area contributed by atoms with Crippen LogP contribution in [0.15, 0.2) is 30.6 Å². The fourth-order valence-electron chi connectivity index (χ4n) is 1.67. The molecule has 1 aromatic heterocycles. The third-order valence-corrected chi connectivity index (χ3v) is 2.55. The van der Waals surface area contributed by atoms with E-state index in [1.54, 1.807) is 16.9 Å². The van der Waals surface area contributed by atoms with Crippen molar-refractivity contribution in [2.24, 2.45) is 0 Å². The Morgan fingerprint density at radius 2 is 2.28 bits per heavy atom. The van der Waals surface area contributed by atoms with Gasteiger partial charge in [-0.25, -0.2) is 9.18 Å². The molecule has 0 bridgehead atoms. The number of halogens is 1. The highest BCUT2D eigenvalue weighted by Gasteiger charge is 2.12. The maximum absolute atomic E-state index is 13.7. The molecule has 2 aromatic rings. The van der Waals surface area contributed by atoms with E-state index in [9.17, 15) is 9.18 Å². The van der Waals surface area contributed by atoms with Crippen molar-refractivity contribution in [2.45, 2.75) is 13.5 Å². The number of carbonyl (C=O) groups excluding carboxylic acids is 1. The van der Waals surface area contributed by atoms with Gasteiger partial charge in [0.2, 0.25) is 0 Å². The molecular formula is C13H13FN2O2. The maximum Gasteiger partial charge on any atom is 0.340 e. The summed E-state index contributed by atoms with van der Waals surface area (Å²) in [6.07, 6.45) is 3.60. The zero-order valence-corrected chi connectivity index (χ0v) is 10.2. The molecule has 0 saturated carbocycles. The number of ether oxygens (including phenoxy) is 1. The highest BCUT2D eigenvalue weighted by Crippen LogP contribution is 2.12. The van der Waals surface area contributed by atoms with E-state index in [4.69, 9.17) is 0 Å². The number of esters is 1. The maximum atomic E-state index is 13.7. The van der Waals surface area contributed by atoms with Crippen LogP contribution in [0.5, 0.6) is 0 Å². The van der Waals surface area contributed by atoms with Crippen LogP contribution in [-0.2, 0) is 11.3 Å². The van der Waals surface area contributed by atoms with Crippen molar-refractivity contribution in [1.82, 2.24) is 9.78 Å². The minimum atomic E-state index is -0.672. The highest BCUT2D eigenvalue weighted by molar-refractivity contribution is 5.89. The normalized spacial score (nSPS) is 10.4. The average molecular weight is 248 g/mol. The van der Waals surface area contributed by atoms with Gasteiger partial charge in [0, 0.05) is 6.20 Å². The van der Waals surface area contributed by atoms with E-state index in [0.29, 0.717) is 6.54 Å². The predicted octanol–water partition coefficient (Wildman–Crippen LogP) is 2.17. The van der Waals surface area contributed by atoms with E-state index in [2.05, 4.69) is 9.84 Å². The molecule has 0 aliphatic heterocycles. The first-order valence-electron chi connectivity index (χ1n) is 5.46. The fourth-order valence-corrected chi connectivity index (χ4v) is 1.67. The smallest absolute Gasteiger partial charge is 0.340 e. The van der Waals surface area contributed by atoms with Crippen molar-refractivity contribution >= 4 is 5.97 Å². The molecule has 0 saturated heterocycles. The Hall–Kier alpha value is -2.17. The second kappa shape index (κ2) is 5.00. The van der Waals surface area contributed by atoms with Crippen LogP contribution in [0.2, 0.25) is 0 Å². The molecule has 5 heteroatoms. The third kappa shape index (κ3) is 2.56. The molecule has 0 aliphatic rings. The average Bonchev–Trinajstić information content (AvgIpc) is 2.74. The van der Waals surface area contributed by atoms with Crippen LogP contribution in [0.4, 0.5) is 4.39 Å². The number of nitrogens with zero attached hydrogens (tertiary/aromatic N) is 2. The molecule has 0 unspecified atom stereocenters. The molecule has 0 N–H and O–H groups in total. The molecule has 94 valence electrons. The number of rotatable bonds is 3. The van der Waals surface area contributed by atoms with E-state index < -0.39 is 11.8 Å². The lowest BCUT2D eigenvalue weighted by Gasteiger charge is -2.05. The van der Waals surface area contributed by atoms with Crippen molar-refractivity contribution in [3.63, 3.8) is 0 Å². The van der Waals surface area contributed by atoms with E-state index in [0.717, 1.165) is 11.1 Å². The summed E-state index contributed by atoms with van der Waals surface area (Å²) in [5, 5.41) is 4.12. The lowest BCUT2D eigenvalue weighted by Crippen LogP contribution is -2.06. The quantitative estimate of drug-likeness (QED) is 0.782. The number of benzene rings is 1. The summed E-state index contributed by atoms with van der Waals surface area (Å²) < 4.78 is 19.9. The van der Waals surface area contributed by atoms with Crippen LogP contribution < -0.4 is 0 Å². The van der Waals surface area contributed by atoms with Crippen LogP contribution in [0, 0.1) is 12.7 Å². The fraction of sp³-hybridized carbons (Fsp3) is 0.231. The number of hydrogen-bond acceptors (Lipinski definition) is 3. The van der Waals surface area contributed by atoms with Crippen molar-refractivity contribution < 1.29 is 13.9 Å². The topological polar surface area (TPSA) is 44.1 Å². The van der Waals surface area contributed by atoms with Gasteiger partial charge in [-0.3, -0.25) is 4.68 Å². The number of carbonyl (C=O) groups is 1. The van der Waals surface area contributed by atoms with Crippen molar-refractivity contribution in [2.75, 3.05) is 7.11 Å². The molecule has 0 amide bonds. The van der Waals surface area contributed by atoms with Gasteiger partial charge in [0.15, 0.2) is 0 Å². The van der Waals surface area contributed by atoms with Gasteiger partial charge in [0.1, 0.15) is 5.82 Å². The first-order valence-corrected chi connectivity index (χ1v) is 5.46. The molecule has 0 fully saturated rings. The summed E-state index contributed by atoms with van der Waals surface area (Å²) in [7, 11) is 1.22. The Kier molecular flexibility index (Phi) is 3.41. The van der Waals surface area contributed by atoms with Crippen molar-refractivity contribution in [3.8, 4) is 0 Å². The number of aromatic nitrogens is 2. The van der Waals surface area contributed by atoms with Gasteiger partial charge in [-0.15, -0.1) is 0 Å². The summed E-state index contributed by atoms with van der Waals surface area (Å²) >= 11 is 0. The minimum absolute atomic E-state index is 0.0575. The molecule has 18 heavy (non-hydrogen) atoms. The molecule has 0 atom stereocenters. The van der Waals surface area contributed by atoms with Crippen molar-refractivity contribution in [3.05, 3.63) is 53.1 Å². The molecule has 0 aliphatic carbocycles. The summed E-state index contributed by atoms with van der Waals surface area (Å²) in [6.45, 7) is 2.40. The Bertz CT molecular complexity index is 578. The van der Waals surface area contributed by atoms with E-state index in [-0.39, 0.29) is 5.56 Å². The molecule has 2 rings (SSSR count). The molecule has 1 aromatic carbocycles. The Morgan fingerprint density at radius 3 is 2.83 bits per heavy atom. The van der Waals surface area contributed by atoms with Crippen molar-refractivity contribution in [1.29, 1.82) is 0 Å². The summed E-state index contributed by atoms with van der Waals surface area (Å²) in [4.78, 5) is 11.2. The monoisotopic (exact) mass is 248 g/mol. The number of methoxy groups -OCH3 is 1. The lowest BCUT2D eigenvalue weighted by molar-refractivity contribution is 0.0595. The van der Waals surface area contributed by atoms with Crippen LogP contribution in [-0.4, -0.2) is 22.9 Å². The van der Waals surface area contributed by atoms with E-state index in [1.807, 2.05) is 13.1 Å². The molecule has 0 radical (unpaired) electrons. The Balaban J connectivity index is 2.21. The lowest BCUT2D eigenvalue weighted by atomic mass is 10.1. The van der Waals surface area contributed by atoms with E-state index in [1.165, 1.54) is 19.2 Å². The summed E-state index contributed by atoms with van der Waals surface area (Å²) in [5.41, 5.74) is 1.72. The van der Waals surface area contributed by atoms with Gasteiger partial charge in [-0.2, -0.15) is 5.10 Å². The third-order valence-electron chi connectivity index (χ3n) is 2.55. The van der Waals surface area contributed by atoms with E-state index >= 15 is 0 Å². The van der Waals surface area contributed by atoms with Gasteiger partial charge < -0.3 is 4.74 Å². The largest absolute Gasteiger partial charge is 0.465 e. The number of aryl methyl sites for hydroxylation is 1. The second-order valence-corrected chi connectivity index (χ2v) is 4.02. The Labute approximate surface area is 104 Å². The standard InChI is InChI=1S/C13H13FN2O2/c1-9-6-15-16(7-9)8-10-3-4-11(12(14)5-10)13(17)18-2/h3-7H,8H2,1-2H3. The van der Waals surface area contributed by atoms with Crippen LogP contribution in [0.25, 0.3) is 0 Å². The zero-order chi connectivity index (χ0) is 13.1. The summed E-state index contributed by atoms with van der Waals surface area (Å²) in [6, 6.07) is 4.43. The predicted molar refractivity (Wildman–Crippen MR) is 63.8 cm³/mol. The molecular weight excluding hydrogens is 235 g/mol.